The van der Waals surface area contributed by atoms with Gasteiger partial charge in [0.25, 0.3) is 0 Å². The van der Waals surface area contributed by atoms with Gasteiger partial charge in [0.1, 0.15) is 17.3 Å². The molecule has 0 aromatic heterocycles. The standard InChI is InChI=1S/C20H21Cl2NOS/c1-14-8-10-23(11-9-14)20(25)16-4-7-19(18(22)12-16)24-13-15-2-5-17(21)6-3-15/h2-7,12,14H,8-11,13H2,1H3. The Hall–Kier alpha value is -1.29. The minimum Gasteiger partial charge on any atom is -0.487 e. The van der Waals surface area contributed by atoms with E-state index in [2.05, 4.69) is 11.8 Å². The Labute approximate surface area is 164 Å². The first-order valence-electron chi connectivity index (χ1n) is 8.49. The zero-order valence-electron chi connectivity index (χ0n) is 14.2. The molecule has 0 N–H and O–H groups in total. The molecule has 5 heteroatoms. The number of halogens is 2. The second-order valence-corrected chi connectivity index (χ2v) is 7.77. The Bertz CT molecular complexity index is 740. The van der Waals surface area contributed by atoms with Crippen molar-refractivity contribution in [3.63, 3.8) is 0 Å². The van der Waals surface area contributed by atoms with Crippen LogP contribution in [0, 0.1) is 5.92 Å². The van der Waals surface area contributed by atoms with Crippen LogP contribution in [0.4, 0.5) is 0 Å². The SMILES string of the molecule is CC1CCN(C(=S)c2ccc(OCc3ccc(Cl)cc3)c(Cl)c2)CC1. The second kappa shape index (κ2) is 8.39. The summed E-state index contributed by atoms with van der Waals surface area (Å²) in [4.78, 5) is 3.15. The molecule has 1 heterocycles. The van der Waals surface area contributed by atoms with Gasteiger partial charge in [-0.3, -0.25) is 0 Å². The number of piperidine rings is 1. The van der Waals surface area contributed by atoms with Gasteiger partial charge in [-0.15, -0.1) is 0 Å². The Morgan fingerprint density at radius 2 is 1.80 bits per heavy atom. The van der Waals surface area contributed by atoms with Gasteiger partial charge in [0.05, 0.1) is 5.02 Å². The molecular formula is C20H21Cl2NOS. The molecule has 2 nitrogen and oxygen atoms in total. The highest BCUT2D eigenvalue weighted by Gasteiger charge is 2.19. The molecule has 2 aromatic rings. The molecule has 25 heavy (non-hydrogen) atoms. The largest absolute Gasteiger partial charge is 0.487 e. The van der Waals surface area contributed by atoms with E-state index in [0.717, 1.165) is 35.1 Å². The summed E-state index contributed by atoms with van der Waals surface area (Å²) in [6, 6.07) is 13.4. The fraction of sp³-hybridized carbons (Fsp3) is 0.350. The van der Waals surface area contributed by atoms with Crippen LogP contribution in [0.5, 0.6) is 5.75 Å². The van der Waals surface area contributed by atoms with Crippen molar-refractivity contribution in [2.75, 3.05) is 13.1 Å². The van der Waals surface area contributed by atoms with E-state index in [1.165, 1.54) is 12.8 Å². The topological polar surface area (TPSA) is 12.5 Å². The van der Waals surface area contributed by atoms with E-state index < -0.39 is 0 Å². The van der Waals surface area contributed by atoms with Crippen LogP contribution < -0.4 is 4.74 Å². The minimum absolute atomic E-state index is 0.449. The van der Waals surface area contributed by atoms with E-state index in [4.69, 9.17) is 40.2 Å². The van der Waals surface area contributed by atoms with E-state index >= 15 is 0 Å². The zero-order valence-corrected chi connectivity index (χ0v) is 16.5. The molecule has 0 spiro atoms. The van der Waals surface area contributed by atoms with Crippen molar-refractivity contribution < 1.29 is 4.74 Å². The number of rotatable bonds is 4. The molecule has 2 aromatic carbocycles. The molecule has 0 aliphatic carbocycles. The Morgan fingerprint density at radius 1 is 1.12 bits per heavy atom. The monoisotopic (exact) mass is 393 g/mol. The summed E-state index contributed by atoms with van der Waals surface area (Å²) in [5, 5.41) is 1.30. The van der Waals surface area contributed by atoms with Gasteiger partial charge < -0.3 is 9.64 Å². The van der Waals surface area contributed by atoms with Gasteiger partial charge in [-0.2, -0.15) is 0 Å². The van der Waals surface area contributed by atoms with Crippen LogP contribution >= 0.6 is 35.4 Å². The molecule has 3 rings (SSSR count). The molecule has 0 saturated carbocycles. The Kier molecular flexibility index (Phi) is 6.21. The molecule has 132 valence electrons. The molecule has 0 bridgehead atoms. The Morgan fingerprint density at radius 3 is 2.44 bits per heavy atom. The van der Waals surface area contributed by atoms with Crippen LogP contribution in [0.2, 0.25) is 10.0 Å². The third kappa shape index (κ3) is 4.87. The van der Waals surface area contributed by atoms with Crippen molar-refractivity contribution in [3.8, 4) is 5.75 Å². The lowest BCUT2D eigenvalue weighted by Gasteiger charge is -2.32. The van der Waals surface area contributed by atoms with Gasteiger partial charge in [0, 0.05) is 23.7 Å². The van der Waals surface area contributed by atoms with Gasteiger partial charge in [-0.1, -0.05) is 54.5 Å². The second-order valence-electron chi connectivity index (χ2n) is 6.54. The van der Waals surface area contributed by atoms with Gasteiger partial charge in [-0.25, -0.2) is 0 Å². The number of thiocarbonyl (C=S) groups is 1. The van der Waals surface area contributed by atoms with E-state index in [9.17, 15) is 0 Å². The molecule has 1 fully saturated rings. The number of hydrogen-bond acceptors (Lipinski definition) is 2. The molecular weight excluding hydrogens is 373 g/mol. The summed E-state index contributed by atoms with van der Waals surface area (Å²) in [6.45, 7) is 4.79. The number of likely N-dealkylation sites (tertiary alicyclic amines) is 1. The zero-order chi connectivity index (χ0) is 17.8. The summed E-state index contributed by atoms with van der Waals surface area (Å²) in [6.07, 6.45) is 2.38. The molecule has 0 amide bonds. The third-order valence-electron chi connectivity index (χ3n) is 4.56. The first-order valence-corrected chi connectivity index (χ1v) is 9.65. The lowest BCUT2D eigenvalue weighted by Crippen LogP contribution is -2.37. The van der Waals surface area contributed by atoms with Crippen molar-refractivity contribution in [2.24, 2.45) is 5.92 Å². The van der Waals surface area contributed by atoms with E-state index in [0.29, 0.717) is 22.4 Å². The minimum atomic E-state index is 0.449. The number of benzene rings is 2. The third-order valence-corrected chi connectivity index (χ3v) is 5.60. The van der Waals surface area contributed by atoms with Crippen LogP contribution in [-0.4, -0.2) is 23.0 Å². The summed E-state index contributed by atoms with van der Waals surface area (Å²) in [5.41, 5.74) is 2.02. The van der Waals surface area contributed by atoms with Gasteiger partial charge in [-0.05, 0) is 54.7 Å². The molecule has 0 atom stereocenters. The highest BCUT2D eigenvalue weighted by atomic mass is 35.5. The maximum absolute atomic E-state index is 6.40. The van der Waals surface area contributed by atoms with Crippen LogP contribution in [0.15, 0.2) is 42.5 Å². The number of ether oxygens (including phenoxy) is 1. The lowest BCUT2D eigenvalue weighted by atomic mass is 9.99. The summed E-state index contributed by atoms with van der Waals surface area (Å²) in [7, 11) is 0. The van der Waals surface area contributed by atoms with Crippen LogP contribution in [0.1, 0.15) is 30.9 Å². The van der Waals surface area contributed by atoms with Crippen molar-refractivity contribution >= 4 is 40.4 Å². The van der Waals surface area contributed by atoms with Gasteiger partial charge in [0.2, 0.25) is 0 Å². The number of nitrogens with zero attached hydrogens (tertiary/aromatic N) is 1. The maximum atomic E-state index is 6.40. The van der Waals surface area contributed by atoms with Gasteiger partial charge >= 0.3 is 0 Å². The number of hydrogen-bond donors (Lipinski definition) is 0. The predicted octanol–water partition coefficient (Wildman–Crippen LogP) is 5.98. The van der Waals surface area contributed by atoms with Crippen molar-refractivity contribution in [1.29, 1.82) is 0 Å². The summed E-state index contributed by atoms with van der Waals surface area (Å²) in [5.74, 6) is 1.45. The van der Waals surface area contributed by atoms with Crippen LogP contribution in [0.25, 0.3) is 0 Å². The van der Waals surface area contributed by atoms with Crippen molar-refractivity contribution in [1.82, 2.24) is 4.90 Å². The quantitative estimate of drug-likeness (QED) is 0.592. The fourth-order valence-corrected chi connectivity index (χ4v) is 3.56. The smallest absolute Gasteiger partial charge is 0.138 e. The van der Waals surface area contributed by atoms with Crippen molar-refractivity contribution in [2.45, 2.75) is 26.4 Å². The Balaban J connectivity index is 1.64. The highest BCUT2D eigenvalue weighted by molar-refractivity contribution is 7.80. The van der Waals surface area contributed by atoms with E-state index in [1.54, 1.807) is 0 Å². The van der Waals surface area contributed by atoms with E-state index in [-0.39, 0.29) is 0 Å². The normalized spacial score (nSPS) is 15.2. The fourth-order valence-electron chi connectivity index (χ4n) is 2.89. The summed E-state index contributed by atoms with van der Waals surface area (Å²) >= 11 is 17.9. The summed E-state index contributed by atoms with van der Waals surface area (Å²) < 4.78 is 5.83. The van der Waals surface area contributed by atoms with Gasteiger partial charge in [0.15, 0.2) is 0 Å². The molecule has 1 aliphatic rings. The molecule has 1 aliphatic heterocycles. The average molecular weight is 394 g/mol. The maximum Gasteiger partial charge on any atom is 0.138 e. The lowest BCUT2D eigenvalue weighted by molar-refractivity contribution is 0.284. The van der Waals surface area contributed by atoms with Crippen molar-refractivity contribution in [3.05, 3.63) is 63.6 Å². The predicted molar refractivity (Wildman–Crippen MR) is 109 cm³/mol. The first-order chi connectivity index (χ1) is 12.0. The first kappa shape index (κ1) is 18.5. The van der Waals surface area contributed by atoms with E-state index in [1.807, 2.05) is 42.5 Å². The van der Waals surface area contributed by atoms with Crippen LogP contribution in [-0.2, 0) is 6.61 Å². The molecule has 0 unspecified atom stereocenters. The highest BCUT2D eigenvalue weighted by Crippen LogP contribution is 2.28. The average Bonchev–Trinajstić information content (AvgIpc) is 2.62. The molecule has 1 saturated heterocycles. The molecule has 0 radical (unpaired) electrons. The van der Waals surface area contributed by atoms with Crippen LogP contribution in [0.3, 0.4) is 0 Å².